The fourth-order valence-corrected chi connectivity index (χ4v) is 2.15. The molecule has 0 amide bonds. The lowest BCUT2D eigenvalue weighted by molar-refractivity contribution is -0.137. The highest BCUT2D eigenvalue weighted by Crippen LogP contribution is 2.45. The van der Waals surface area contributed by atoms with E-state index in [1.807, 2.05) is 0 Å². The first-order chi connectivity index (χ1) is 8.52. The van der Waals surface area contributed by atoms with Gasteiger partial charge in [0.2, 0.25) is 0 Å². The van der Waals surface area contributed by atoms with Gasteiger partial charge in [-0.3, -0.25) is 4.79 Å². The van der Waals surface area contributed by atoms with Crippen molar-refractivity contribution >= 4 is 5.97 Å². The molecule has 1 N–H and O–H groups in total. The number of nitrogens with zero attached hydrogens (tertiary/aromatic N) is 1. The summed E-state index contributed by atoms with van der Waals surface area (Å²) in [5.74, 6) is -3.06. The number of carboxylic acid groups (broad SMARTS) is 1. The van der Waals surface area contributed by atoms with Crippen LogP contribution < -0.4 is 0 Å². The Bertz CT molecular complexity index is 533. The van der Waals surface area contributed by atoms with Crippen molar-refractivity contribution in [3.63, 3.8) is 0 Å². The third-order valence-electron chi connectivity index (χ3n) is 3.19. The fourth-order valence-electron chi connectivity index (χ4n) is 2.15. The Balaban J connectivity index is 2.41. The number of nitriles is 1. The van der Waals surface area contributed by atoms with Crippen LogP contribution in [0.5, 0.6) is 0 Å². The van der Waals surface area contributed by atoms with Crippen molar-refractivity contribution in [1.82, 2.24) is 0 Å². The zero-order chi connectivity index (χ0) is 13.3. The van der Waals surface area contributed by atoms with Crippen molar-refractivity contribution < 1.29 is 18.7 Å². The van der Waals surface area contributed by atoms with Crippen LogP contribution in [0.2, 0.25) is 0 Å². The molecule has 1 aromatic carbocycles. The van der Waals surface area contributed by atoms with Gasteiger partial charge in [0.1, 0.15) is 17.7 Å². The van der Waals surface area contributed by atoms with E-state index in [9.17, 15) is 13.6 Å². The second-order valence-corrected chi connectivity index (χ2v) is 4.51. The van der Waals surface area contributed by atoms with Gasteiger partial charge in [0.15, 0.2) is 0 Å². The van der Waals surface area contributed by atoms with Crippen LogP contribution >= 0.6 is 0 Å². The van der Waals surface area contributed by atoms with E-state index in [1.165, 1.54) is 0 Å². The lowest BCUT2D eigenvalue weighted by Crippen LogP contribution is -2.11. The molecule has 0 saturated heterocycles. The van der Waals surface area contributed by atoms with Crippen LogP contribution in [0, 0.1) is 28.9 Å². The number of benzene rings is 1. The summed E-state index contributed by atoms with van der Waals surface area (Å²) in [6.45, 7) is 0. The molecule has 0 spiro atoms. The van der Waals surface area contributed by atoms with Gasteiger partial charge in [-0.1, -0.05) is 0 Å². The summed E-state index contributed by atoms with van der Waals surface area (Å²) in [5, 5.41) is 17.6. The minimum absolute atomic E-state index is 0.118. The number of carbonyl (C=O) groups is 1. The molecular weight excluding hydrogens is 240 g/mol. The van der Waals surface area contributed by atoms with Crippen LogP contribution in [0.3, 0.4) is 0 Å². The highest BCUT2D eigenvalue weighted by molar-refractivity contribution is 5.68. The van der Waals surface area contributed by atoms with E-state index in [-0.39, 0.29) is 23.5 Å². The van der Waals surface area contributed by atoms with Crippen LogP contribution in [-0.4, -0.2) is 11.1 Å². The molecule has 94 valence electrons. The first kappa shape index (κ1) is 12.5. The number of hydrogen-bond donors (Lipinski definition) is 1. The molecule has 1 aliphatic rings. The minimum atomic E-state index is -1.02. The smallest absolute Gasteiger partial charge is 0.303 e. The van der Waals surface area contributed by atoms with Gasteiger partial charge in [-0.15, -0.1) is 0 Å². The van der Waals surface area contributed by atoms with Gasteiger partial charge in [0.25, 0.3) is 0 Å². The molecule has 1 atom stereocenters. The van der Waals surface area contributed by atoms with Gasteiger partial charge in [-0.05, 0) is 30.4 Å². The molecule has 1 saturated carbocycles. The van der Waals surface area contributed by atoms with Crippen molar-refractivity contribution in [3.8, 4) is 6.07 Å². The summed E-state index contributed by atoms with van der Waals surface area (Å²) in [4.78, 5) is 10.8. The Morgan fingerprint density at radius 2 is 2.11 bits per heavy atom. The molecule has 1 aromatic rings. The molecular formula is C13H11F2NO2. The Labute approximate surface area is 103 Å². The summed E-state index contributed by atoms with van der Waals surface area (Å²) in [6.07, 6.45) is 1.49. The number of hydrogen-bond acceptors (Lipinski definition) is 2. The highest BCUT2D eigenvalue weighted by atomic mass is 19.1. The molecule has 1 aliphatic carbocycles. The van der Waals surface area contributed by atoms with Crippen LogP contribution in [0.1, 0.15) is 36.3 Å². The molecule has 1 fully saturated rings. The largest absolute Gasteiger partial charge is 0.481 e. The fraction of sp³-hybridized carbons (Fsp3) is 0.385. The van der Waals surface area contributed by atoms with E-state index in [0.717, 1.165) is 18.9 Å². The minimum Gasteiger partial charge on any atom is -0.481 e. The standard InChI is InChI=1S/C13H11F2NO2/c14-11-5-12(15)10(3-8(11)6-16)9(4-13(17)18)7-1-2-7/h3,5,7,9H,1-2,4H2,(H,17,18). The van der Waals surface area contributed by atoms with Crippen LogP contribution in [0.25, 0.3) is 0 Å². The third-order valence-corrected chi connectivity index (χ3v) is 3.19. The van der Waals surface area contributed by atoms with E-state index in [4.69, 9.17) is 10.4 Å². The van der Waals surface area contributed by atoms with Gasteiger partial charge in [0.05, 0.1) is 12.0 Å². The maximum atomic E-state index is 13.7. The number of halogens is 2. The monoisotopic (exact) mass is 251 g/mol. The van der Waals surface area contributed by atoms with Crippen molar-refractivity contribution in [2.45, 2.75) is 25.2 Å². The van der Waals surface area contributed by atoms with Crippen LogP contribution in [0.4, 0.5) is 8.78 Å². The summed E-state index contributed by atoms with van der Waals surface area (Å²) in [6, 6.07) is 3.43. The van der Waals surface area contributed by atoms with Gasteiger partial charge in [0, 0.05) is 12.0 Å². The molecule has 0 bridgehead atoms. The second kappa shape index (κ2) is 4.73. The van der Waals surface area contributed by atoms with Crippen LogP contribution in [-0.2, 0) is 4.79 Å². The molecule has 0 aromatic heterocycles. The quantitative estimate of drug-likeness (QED) is 0.895. The lowest BCUT2D eigenvalue weighted by atomic mass is 9.89. The molecule has 2 rings (SSSR count). The predicted octanol–water partition coefficient (Wildman–Crippen LogP) is 2.80. The number of carboxylic acids is 1. The molecule has 18 heavy (non-hydrogen) atoms. The third kappa shape index (κ3) is 2.48. The Kier molecular flexibility index (Phi) is 3.28. The van der Waals surface area contributed by atoms with E-state index in [2.05, 4.69) is 0 Å². The number of rotatable bonds is 4. The second-order valence-electron chi connectivity index (χ2n) is 4.51. The number of aliphatic carboxylic acids is 1. The molecule has 5 heteroatoms. The predicted molar refractivity (Wildman–Crippen MR) is 58.8 cm³/mol. The average Bonchev–Trinajstić information content (AvgIpc) is 3.10. The van der Waals surface area contributed by atoms with E-state index >= 15 is 0 Å². The van der Waals surface area contributed by atoms with Gasteiger partial charge in [-0.2, -0.15) is 5.26 Å². The summed E-state index contributed by atoms with van der Waals surface area (Å²) in [7, 11) is 0. The highest BCUT2D eigenvalue weighted by Gasteiger charge is 2.35. The van der Waals surface area contributed by atoms with E-state index in [1.54, 1.807) is 6.07 Å². The van der Waals surface area contributed by atoms with Crippen LogP contribution in [0.15, 0.2) is 12.1 Å². The molecule has 0 heterocycles. The zero-order valence-corrected chi connectivity index (χ0v) is 9.49. The lowest BCUT2D eigenvalue weighted by Gasteiger charge is -2.15. The Morgan fingerprint density at radius 3 is 2.61 bits per heavy atom. The summed E-state index contributed by atoms with van der Waals surface area (Å²) < 4.78 is 26.9. The molecule has 0 aliphatic heterocycles. The maximum Gasteiger partial charge on any atom is 0.303 e. The summed E-state index contributed by atoms with van der Waals surface area (Å²) >= 11 is 0. The Hall–Kier alpha value is -1.96. The molecule has 3 nitrogen and oxygen atoms in total. The average molecular weight is 251 g/mol. The van der Waals surface area contributed by atoms with Gasteiger partial charge in [-0.25, -0.2) is 8.78 Å². The van der Waals surface area contributed by atoms with Crippen molar-refractivity contribution in [1.29, 1.82) is 5.26 Å². The summed E-state index contributed by atoms with van der Waals surface area (Å²) in [5.41, 5.74) is -0.111. The first-order valence-electron chi connectivity index (χ1n) is 5.63. The molecule has 0 radical (unpaired) electrons. The first-order valence-corrected chi connectivity index (χ1v) is 5.63. The SMILES string of the molecule is N#Cc1cc(C(CC(=O)O)C2CC2)c(F)cc1F. The van der Waals surface area contributed by atoms with Crippen molar-refractivity contribution in [2.75, 3.05) is 0 Å². The normalized spacial score (nSPS) is 16.1. The van der Waals surface area contributed by atoms with Crippen molar-refractivity contribution in [2.24, 2.45) is 5.92 Å². The topological polar surface area (TPSA) is 61.1 Å². The maximum absolute atomic E-state index is 13.7. The zero-order valence-electron chi connectivity index (χ0n) is 9.49. The molecule has 1 unspecified atom stereocenters. The van der Waals surface area contributed by atoms with Gasteiger partial charge < -0.3 is 5.11 Å². The van der Waals surface area contributed by atoms with E-state index < -0.39 is 23.5 Å². The van der Waals surface area contributed by atoms with E-state index in [0.29, 0.717) is 6.07 Å². The van der Waals surface area contributed by atoms with Gasteiger partial charge >= 0.3 is 5.97 Å². The van der Waals surface area contributed by atoms with Crippen molar-refractivity contribution in [3.05, 3.63) is 34.9 Å². The Morgan fingerprint density at radius 1 is 1.44 bits per heavy atom.